The van der Waals surface area contributed by atoms with Gasteiger partial charge < -0.3 is 9.64 Å². The highest BCUT2D eigenvalue weighted by Gasteiger charge is 2.26. The second-order valence-corrected chi connectivity index (χ2v) is 9.26. The average molecular weight is 455 g/mol. The Morgan fingerprint density at radius 3 is 2.47 bits per heavy atom. The van der Waals surface area contributed by atoms with E-state index in [1.807, 2.05) is 39.8 Å². The molecule has 0 bridgehead atoms. The molecule has 2 heterocycles. The van der Waals surface area contributed by atoms with Crippen LogP contribution in [0.15, 0.2) is 59.8 Å². The summed E-state index contributed by atoms with van der Waals surface area (Å²) in [6, 6.07) is 15.9. The number of carbonyl (C=O) groups excluding carboxylic acids is 1. The van der Waals surface area contributed by atoms with Gasteiger partial charge in [0.05, 0.1) is 5.75 Å². The first kappa shape index (κ1) is 22.3. The number of hydrogen-bond acceptors (Lipinski definition) is 5. The number of rotatable bonds is 7. The van der Waals surface area contributed by atoms with Gasteiger partial charge in [-0.2, -0.15) is 0 Å². The Hall–Kier alpha value is -2.87. The number of nitrogens with zero attached hydrogens (tertiary/aromatic N) is 4. The summed E-state index contributed by atoms with van der Waals surface area (Å²) < 4.78 is 21.5. The lowest BCUT2D eigenvalue weighted by Gasteiger charge is -2.34. The molecule has 0 saturated carbocycles. The van der Waals surface area contributed by atoms with Crippen molar-refractivity contribution in [1.82, 2.24) is 19.7 Å². The molecule has 2 unspecified atom stereocenters. The molecule has 1 aliphatic heterocycles. The second-order valence-electron chi connectivity index (χ2n) is 8.32. The van der Waals surface area contributed by atoms with Crippen molar-refractivity contribution < 1.29 is 13.9 Å². The highest BCUT2D eigenvalue weighted by molar-refractivity contribution is 7.99. The Morgan fingerprint density at radius 2 is 1.75 bits per heavy atom. The van der Waals surface area contributed by atoms with Crippen molar-refractivity contribution in [2.45, 2.75) is 32.0 Å². The number of halogens is 1. The lowest BCUT2D eigenvalue weighted by Crippen LogP contribution is -2.43. The molecule has 0 N–H and O–H groups in total. The predicted molar refractivity (Wildman–Crippen MR) is 122 cm³/mol. The summed E-state index contributed by atoms with van der Waals surface area (Å²) in [5, 5.41) is 9.18. The molecule has 0 aliphatic carbocycles. The molecule has 3 aromatic rings. The van der Waals surface area contributed by atoms with E-state index in [0.717, 1.165) is 25.2 Å². The van der Waals surface area contributed by atoms with Gasteiger partial charge in [0.15, 0.2) is 22.5 Å². The fourth-order valence-corrected chi connectivity index (χ4v) is 4.99. The van der Waals surface area contributed by atoms with Crippen molar-refractivity contribution in [3.8, 4) is 11.4 Å². The number of hydrogen-bond donors (Lipinski definition) is 0. The predicted octanol–water partition coefficient (Wildman–Crippen LogP) is 4.58. The number of thioether (sulfide) groups is 1. The van der Waals surface area contributed by atoms with Crippen LogP contribution in [0.5, 0.6) is 5.75 Å². The number of piperidine rings is 1. The summed E-state index contributed by atoms with van der Waals surface area (Å²) in [5.74, 6) is 1.70. The van der Waals surface area contributed by atoms with E-state index in [9.17, 15) is 9.18 Å². The minimum atomic E-state index is -0.427. The monoisotopic (exact) mass is 454 g/mol. The van der Waals surface area contributed by atoms with Gasteiger partial charge >= 0.3 is 0 Å². The Labute approximate surface area is 191 Å². The van der Waals surface area contributed by atoms with E-state index < -0.39 is 5.82 Å². The summed E-state index contributed by atoms with van der Waals surface area (Å²) >= 11 is 1.36. The third kappa shape index (κ3) is 5.30. The van der Waals surface area contributed by atoms with Gasteiger partial charge in [-0.05, 0) is 42.5 Å². The number of ether oxygens (including phenoxy) is 1. The molecular formula is C24H27FN4O2S. The largest absolute Gasteiger partial charge is 0.483 e. The fourth-order valence-electron chi connectivity index (χ4n) is 4.11. The molecule has 32 heavy (non-hydrogen) atoms. The fraction of sp³-hybridized carbons (Fsp3) is 0.375. The molecule has 1 saturated heterocycles. The molecule has 8 heteroatoms. The Kier molecular flexibility index (Phi) is 7.09. The van der Waals surface area contributed by atoms with Gasteiger partial charge in [-0.1, -0.05) is 55.9 Å². The maximum Gasteiger partial charge on any atom is 0.233 e. The van der Waals surface area contributed by atoms with Crippen LogP contribution in [0.2, 0.25) is 0 Å². The van der Waals surface area contributed by atoms with E-state index in [-0.39, 0.29) is 18.3 Å². The topological polar surface area (TPSA) is 60.3 Å². The van der Waals surface area contributed by atoms with Gasteiger partial charge in [-0.3, -0.25) is 9.36 Å². The number of carbonyl (C=O) groups is 1. The lowest BCUT2D eigenvalue weighted by molar-refractivity contribution is -0.130. The zero-order valence-electron chi connectivity index (χ0n) is 18.3. The van der Waals surface area contributed by atoms with Crippen LogP contribution in [0.3, 0.4) is 0 Å². The number of likely N-dealkylation sites (tertiary alicyclic amines) is 1. The molecule has 6 nitrogen and oxygen atoms in total. The van der Waals surface area contributed by atoms with Crippen LogP contribution in [0.1, 0.15) is 26.1 Å². The zero-order valence-corrected chi connectivity index (χ0v) is 19.1. The molecule has 1 aliphatic rings. The molecule has 0 spiro atoms. The first-order valence-electron chi connectivity index (χ1n) is 10.8. The smallest absolute Gasteiger partial charge is 0.233 e. The van der Waals surface area contributed by atoms with Crippen molar-refractivity contribution in [3.05, 3.63) is 66.2 Å². The van der Waals surface area contributed by atoms with Crippen molar-refractivity contribution in [1.29, 1.82) is 0 Å². The molecule has 0 radical (unpaired) electrons. The average Bonchev–Trinajstić information content (AvgIpc) is 3.19. The van der Waals surface area contributed by atoms with E-state index in [2.05, 4.69) is 24.0 Å². The van der Waals surface area contributed by atoms with Crippen LogP contribution >= 0.6 is 11.8 Å². The highest BCUT2D eigenvalue weighted by Crippen LogP contribution is 2.26. The zero-order chi connectivity index (χ0) is 22.5. The Balaban J connectivity index is 1.50. The van der Waals surface area contributed by atoms with E-state index in [1.165, 1.54) is 17.8 Å². The molecule has 1 aromatic heterocycles. The van der Waals surface area contributed by atoms with Gasteiger partial charge in [0.2, 0.25) is 5.91 Å². The molecule has 2 atom stereocenters. The molecule has 2 aromatic carbocycles. The van der Waals surface area contributed by atoms with Gasteiger partial charge in [-0.15, -0.1) is 10.2 Å². The van der Waals surface area contributed by atoms with Crippen molar-refractivity contribution in [3.63, 3.8) is 0 Å². The number of amides is 1. The lowest BCUT2D eigenvalue weighted by atomic mass is 9.92. The van der Waals surface area contributed by atoms with E-state index in [0.29, 0.717) is 28.6 Å². The summed E-state index contributed by atoms with van der Waals surface area (Å²) in [5.41, 5.74) is 0.861. The second kappa shape index (κ2) is 10.2. The summed E-state index contributed by atoms with van der Waals surface area (Å²) in [7, 11) is 0. The Bertz CT molecular complexity index is 1050. The molecule has 4 rings (SSSR count). The summed E-state index contributed by atoms with van der Waals surface area (Å²) in [4.78, 5) is 14.8. The standard InChI is InChI=1S/C24H27FN4O2S/c1-17-12-18(2)14-28(13-17)23(30)16-32-24-27-26-22(29(24)19-8-4-3-5-9-19)15-31-21-11-7-6-10-20(21)25/h3-11,17-18H,12-16H2,1-2H3. The van der Waals surface area contributed by atoms with Crippen LogP contribution in [0.4, 0.5) is 4.39 Å². The van der Waals surface area contributed by atoms with Crippen molar-refractivity contribution in [2.24, 2.45) is 11.8 Å². The summed E-state index contributed by atoms with van der Waals surface area (Å²) in [6.45, 7) is 6.04. The van der Waals surface area contributed by atoms with Gasteiger partial charge in [0.25, 0.3) is 0 Å². The minimum absolute atomic E-state index is 0.0541. The van der Waals surface area contributed by atoms with Crippen LogP contribution < -0.4 is 4.74 Å². The summed E-state index contributed by atoms with van der Waals surface area (Å²) in [6.07, 6.45) is 1.16. The molecule has 1 fully saturated rings. The number of aromatic nitrogens is 3. The van der Waals surface area contributed by atoms with Crippen molar-refractivity contribution >= 4 is 17.7 Å². The molecule has 1 amide bonds. The normalized spacial score (nSPS) is 18.5. The number of para-hydroxylation sites is 2. The number of benzene rings is 2. The van der Waals surface area contributed by atoms with E-state index >= 15 is 0 Å². The Morgan fingerprint density at radius 1 is 1.06 bits per heavy atom. The first-order chi connectivity index (χ1) is 15.5. The van der Waals surface area contributed by atoms with Crippen LogP contribution in [0.25, 0.3) is 5.69 Å². The van der Waals surface area contributed by atoms with Gasteiger partial charge in [0, 0.05) is 18.8 Å². The maximum atomic E-state index is 13.9. The highest BCUT2D eigenvalue weighted by atomic mass is 32.2. The van der Waals surface area contributed by atoms with E-state index in [4.69, 9.17) is 4.74 Å². The SMILES string of the molecule is CC1CC(C)CN(C(=O)CSc2nnc(COc3ccccc3F)n2-c2ccccc2)C1. The van der Waals surface area contributed by atoms with Crippen LogP contribution in [-0.4, -0.2) is 44.4 Å². The molecule has 168 valence electrons. The maximum absolute atomic E-state index is 13.9. The van der Waals surface area contributed by atoms with Crippen molar-refractivity contribution in [2.75, 3.05) is 18.8 Å². The quantitative estimate of drug-likeness (QED) is 0.489. The van der Waals surface area contributed by atoms with Gasteiger partial charge in [-0.25, -0.2) is 4.39 Å². The minimum Gasteiger partial charge on any atom is -0.483 e. The van der Waals surface area contributed by atoms with Crippen LogP contribution in [0, 0.1) is 17.7 Å². The third-order valence-electron chi connectivity index (χ3n) is 5.45. The van der Waals surface area contributed by atoms with E-state index in [1.54, 1.807) is 18.2 Å². The first-order valence-corrected chi connectivity index (χ1v) is 11.8. The molecular weight excluding hydrogens is 427 g/mol. The van der Waals surface area contributed by atoms with Gasteiger partial charge in [0.1, 0.15) is 6.61 Å². The van der Waals surface area contributed by atoms with Crippen LogP contribution in [-0.2, 0) is 11.4 Å². The third-order valence-corrected chi connectivity index (χ3v) is 6.37.